The van der Waals surface area contributed by atoms with Crippen molar-refractivity contribution in [2.24, 2.45) is 0 Å². The van der Waals surface area contributed by atoms with Gasteiger partial charge in [0.05, 0.1) is 14.2 Å². The van der Waals surface area contributed by atoms with Crippen LogP contribution in [0.1, 0.15) is 53.0 Å². The molecule has 1 rings (SSSR count). The minimum absolute atomic E-state index is 0.127. The van der Waals surface area contributed by atoms with E-state index in [1.54, 1.807) is 14.2 Å². The lowest BCUT2D eigenvalue weighted by Crippen LogP contribution is -2.45. The van der Waals surface area contributed by atoms with Crippen molar-refractivity contribution < 1.29 is 19.0 Å². The average Bonchev–Trinajstić information content (AvgIpc) is 2.52. The third-order valence-electron chi connectivity index (χ3n) is 3.74. The SMILES string of the molecule is CCC[C@@H](N[C@H](C)Cc1ccc(OC)c(OC)c1)C(=O)OC(C)(C)C. The van der Waals surface area contributed by atoms with Gasteiger partial charge in [0, 0.05) is 6.04 Å². The van der Waals surface area contributed by atoms with Crippen molar-refractivity contribution in [2.45, 2.75) is 71.6 Å². The standard InChI is InChI=1S/C20H33NO4/c1-8-9-16(19(22)25-20(3,4)5)21-14(2)12-15-10-11-17(23-6)18(13-15)24-7/h10-11,13-14,16,21H,8-9,12H2,1-7H3/t14-,16-/m1/s1. The number of rotatable bonds is 9. The molecular formula is C20H33NO4. The number of nitrogens with one attached hydrogen (secondary N) is 1. The summed E-state index contributed by atoms with van der Waals surface area (Å²) in [5.41, 5.74) is 0.647. The van der Waals surface area contributed by atoms with E-state index in [0.717, 1.165) is 24.8 Å². The lowest BCUT2D eigenvalue weighted by molar-refractivity contribution is -0.157. The number of methoxy groups -OCH3 is 2. The Bertz CT molecular complexity index is 551. The molecule has 0 aromatic heterocycles. The summed E-state index contributed by atoms with van der Waals surface area (Å²) in [5, 5.41) is 3.41. The van der Waals surface area contributed by atoms with Gasteiger partial charge in [0.2, 0.25) is 0 Å². The van der Waals surface area contributed by atoms with Gasteiger partial charge in [-0.2, -0.15) is 0 Å². The first-order valence-corrected chi connectivity index (χ1v) is 8.90. The molecule has 5 heteroatoms. The predicted octanol–water partition coefficient (Wildman–Crippen LogP) is 3.73. The molecule has 0 radical (unpaired) electrons. The molecule has 142 valence electrons. The summed E-state index contributed by atoms with van der Waals surface area (Å²) >= 11 is 0. The van der Waals surface area contributed by atoms with Crippen molar-refractivity contribution in [1.82, 2.24) is 5.32 Å². The highest BCUT2D eigenvalue weighted by Gasteiger charge is 2.25. The van der Waals surface area contributed by atoms with Gasteiger partial charge in [-0.3, -0.25) is 4.79 Å². The van der Waals surface area contributed by atoms with Gasteiger partial charge in [-0.05, 0) is 58.2 Å². The number of hydrogen-bond acceptors (Lipinski definition) is 5. The first-order chi connectivity index (χ1) is 11.7. The first-order valence-electron chi connectivity index (χ1n) is 8.90. The Balaban J connectivity index is 2.74. The van der Waals surface area contributed by atoms with E-state index in [2.05, 4.69) is 19.2 Å². The lowest BCUT2D eigenvalue weighted by atomic mass is 10.0. The normalized spacial score (nSPS) is 13.9. The van der Waals surface area contributed by atoms with Crippen LogP contribution < -0.4 is 14.8 Å². The van der Waals surface area contributed by atoms with Gasteiger partial charge in [-0.15, -0.1) is 0 Å². The number of esters is 1. The smallest absolute Gasteiger partial charge is 0.323 e. The van der Waals surface area contributed by atoms with Crippen LogP contribution in [-0.2, 0) is 16.0 Å². The van der Waals surface area contributed by atoms with Gasteiger partial charge in [0.1, 0.15) is 11.6 Å². The van der Waals surface area contributed by atoms with Crippen LogP contribution in [0.3, 0.4) is 0 Å². The second-order valence-electron chi connectivity index (χ2n) is 7.34. The van der Waals surface area contributed by atoms with Crippen LogP contribution in [0.4, 0.5) is 0 Å². The molecule has 0 saturated carbocycles. The number of benzene rings is 1. The van der Waals surface area contributed by atoms with E-state index in [1.807, 2.05) is 39.0 Å². The van der Waals surface area contributed by atoms with Crippen LogP contribution in [0.2, 0.25) is 0 Å². The fraction of sp³-hybridized carbons (Fsp3) is 0.650. The molecule has 0 aliphatic heterocycles. The summed E-state index contributed by atoms with van der Waals surface area (Å²) < 4.78 is 16.2. The molecule has 0 spiro atoms. The summed E-state index contributed by atoms with van der Waals surface area (Å²) in [6.45, 7) is 9.81. The number of carbonyl (C=O) groups excluding carboxylic acids is 1. The van der Waals surface area contributed by atoms with E-state index in [0.29, 0.717) is 11.5 Å². The molecule has 1 aromatic carbocycles. The Morgan fingerprint density at radius 3 is 2.32 bits per heavy atom. The Kier molecular flexibility index (Phi) is 8.23. The average molecular weight is 351 g/mol. The van der Waals surface area contributed by atoms with Crippen molar-refractivity contribution in [2.75, 3.05) is 14.2 Å². The third-order valence-corrected chi connectivity index (χ3v) is 3.74. The first kappa shape index (κ1) is 21.3. The van der Waals surface area contributed by atoms with Gasteiger partial charge >= 0.3 is 5.97 Å². The van der Waals surface area contributed by atoms with Crippen molar-refractivity contribution in [3.05, 3.63) is 23.8 Å². The van der Waals surface area contributed by atoms with Gasteiger partial charge in [-0.25, -0.2) is 0 Å². The topological polar surface area (TPSA) is 56.8 Å². The quantitative estimate of drug-likeness (QED) is 0.687. The number of hydrogen-bond donors (Lipinski definition) is 1. The van der Waals surface area contributed by atoms with Crippen LogP contribution in [-0.4, -0.2) is 37.9 Å². The molecule has 1 N–H and O–H groups in total. The van der Waals surface area contributed by atoms with E-state index in [9.17, 15) is 4.79 Å². The van der Waals surface area contributed by atoms with Crippen molar-refractivity contribution >= 4 is 5.97 Å². The molecule has 0 fully saturated rings. The van der Waals surface area contributed by atoms with Gasteiger partial charge in [-0.1, -0.05) is 19.4 Å². The molecule has 0 aliphatic carbocycles. The monoisotopic (exact) mass is 351 g/mol. The zero-order valence-electron chi connectivity index (χ0n) is 16.6. The summed E-state index contributed by atoms with van der Waals surface area (Å²) in [4.78, 5) is 12.4. The van der Waals surface area contributed by atoms with E-state index >= 15 is 0 Å². The van der Waals surface area contributed by atoms with E-state index in [1.165, 1.54) is 0 Å². The summed E-state index contributed by atoms with van der Waals surface area (Å²) in [6, 6.07) is 5.72. The fourth-order valence-corrected chi connectivity index (χ4v) is 2.69. The highest BCUT2D eigenvalue weighted by molar-refractivity contribution is 5.76. The summed E-state index contributed by atoms with van der Waals surface area (Å²) in [5.74, 6) is 1.24. The molecule has 0 heterocycles. The summed E-state index contributed by atoms with van der Waals surface area (Å²) in [7, 11) is 3.25. The molecule has 0 saturated heterocycles. The number of carbonyl (C=O) groups is 1. The second kappa shape index (κ2) is 9.66. The van der Waals surface area contributed by atoms with E-state index < -0.39 is 5.60 Å². The molecule has 0 amide bonds. The summed E-state index contributed by atoms with van der Waals surface area (Å²) in [6.07, 6.45) is 2.45. The van der Waals surface area contributed by atoms with Crippen molar-refractivity contribution in [3.8, 4) is 11.5 Å². The van der Waals surface area contributed by atoms with E-state index in [-0.39, 0.29) is 18.1 Å². The largest absolute Gasteiger partial charge is 0.493 e. The highest BCUT2D eigenvalue weighted by atomic mass is 16.6. The van der Waals surface area contributed by atoms with E-state index in [4.69, 9.17) is 14.2 Å². The van der Waals surface area contributed by atoms with Gasteiger partial charge in [0.25, 0.3) is 0 Å². The zero-order valence-corrected chi connectivity index (χ0v) is 16.6. The Labute approximate surface area is 152 Å². The minimum Gasteiger partial charge on any atom is -0.493 e. The maximum absolute atomic E-state index is 12.4. The van der Waals surface area contributed by atoms with Crippen molar-refractivity contribution in [1.29, 1.82) is 0 Å². The molecule has 1 aromatic rings. The Hall–Kier alpha value is -1.75. The second-order valence-corrected chi connectivity index (χ2v) is 7.34. The molecule has 0 bridgehead atoms. The highest BCUT2D eigenvalue weighted by Crippen LogP contribution is 2.28. The third kappa shape index (κ3) is 7.34. The number of ether oxygens (including phenoxy) is 3. The molecule has 25 heavy (non-hydrogen) atoms. The Morgan fingerprint density at radius 2 is 1.80 bits per heavy atom. The van der Waals surface area contributed by atoms with Crippen LogP contribution in [0.25, 0.3) is 0 Å². The molecule has 0 unspecified atom stereocenters. The molecule has 5 nitrogen and oxygen atoms in total. The van der Waals surface area contributed by atoms with Crippen LogP contribution >= 0.6 is 0 Å². The molecule has 0 aliphatic rings. The molecule has 2 atom stereocenters. The predicted molar refractivity (Wildman–Crippen MR) is 100 cm³/mol. The Morgan fingerprint density at radius 1 is 1.16 bits per heavy atom. The van der Waals surface area contributed by atoms with Gasteiger partial charge < -0.3 is 19.5 Å². The zero-order chi connectivity index (χ0) is 19.0. The van der Waals surface area contributed by atoms with Crippen molar-refractivity contribution in [3.63, 3.8) is 0 Å². The van der Waals surface area contributed by atoms with Gasteiger partial charge in [0.15, 0.2) is 11.5 Å². The van der Waals surface area contributed by atoms with Crippen LogP contribution in [0, 0.1) is 0 Å². The maximum Gasteiger partial charge on any atom is 0.323 e. The molecular weight excluding hydrogens is 318 g/mol. The van der Waals surface area contributed by atoms with Crippen LogP contribution in [0.15, 0.2) is 18.2 Å². The van der Waals surface area contributed by atoms with Crippen LogP contribution in [0.5, 0.6) is 11.5 Å². The fourth-order valence-electron chi connectivity index (χ4n) is 2.69. The minimum atomic E-state index is -0.475. The maximum atomic E-state index is 12.4. The lowest BCUT2D eigenvalue weighted by Gasteiger charge is -2.26.